The molecule has 0 fully saturated rings. The maximum Gasteiger partial charge on any atom is 0.107 e. The van der Waals surface area contributed by atoms with Crippen LogP contribution in [0.15, 0.2) is 18.2 Å². The van der Waals surface area contributed by atoms with Crippen LogP contribution in [-0.4, -0.2) is 14.8 Å². The van der Waals surface area contributed by atoms with Gasteiger partial charge in [-0.2, -0.15) is 5.10 Å². The summed E-state index contributed by atoms with van der Waals surface area (Å²) in [5.74, 6) is 0. The average molecular weight is 309 g/mol. The molecule has 0 radical (unpaired) electrons. The maximum atomic E-state index is 6.15. The summed E-state index contributed by atoms with van der Waals surface area (Å²) in [7, 11) is 1.94. The predicted molar refractivity (Wildman–Crippen MR) is 87.3 cm³/mol. The van der Waals surface area contributed by atoms with E-state index in [0.29, 0.717) is 17.1 Å². The van der Waals surface area contributed by atoms with Crippen LogP contribution in [0.25, 0.3) is 0 Å². The van der Waals surface area contributed by atoms with Crippen molar-refractivity contribution < 1.29 is 0 Å². The van der Waals surface area contributed by atoms with Gasteiger partial charge in [0.2, 0.25) is 0 Å². The van der Waals surface area contributed by atoms with Crippen LogP contribution in [0.2, 0.25) is 5.02 Å². The molecule has 0 spiro atoms. The van der Waals surface area contributed by atoms with Gasteiger partial charge in [0.15, 0.2) is 0 Å². The molecule has 0 aliphatic carbocycles. The number of nitrogens with two attached hydrogens (primary N) is 1. The summed E-state index contributed by atoms with van der Waals surface area (Å²) >= 11 is 11.2. The Hall–Kier alpha value is -1.59. The first kappa shape index (κ1) is 14.8. The van der Waals surface area contributed by atoms with Crippen molar-refractivity contribution in [3.8, 4) is 0 Å². The van der Waals surface area contributed by atoms with E-state index in [1.165, 1.54) is 5.56 Å². The molecule has 0 atom stereocenters. The van der Waals surface area contributed by atoms with Gasteiger partial charge in [0, 0.05) is 30.5 Å². The quantitative estimate of drug-likeness (QED) is 0.853. The van der Waals surface area contributed by atoms with Gasteiger partial charge in [-0.25, -0.2) is 0 Å². The zero-order chi connectivity index (χ0) is 14.9. The van der Waals surface area contributed by atoms with Gasteiger partial charge in [0.25, 0.3) is 0 Å². The summed E-state index contributed by atoms with van der Waals surface area (Å²) in [6.07, 6.45) is 0. The van der Waals surface area contributed by atoms with Crippen LogP contribution >= 0.6 is 23.8 Å². The van der Waals surface area contributed by atoms with Gasteiger partial charge in [0.05, 0.1) is 16.3 Å². The van der Waals surface area contributed by atoms with E-state index < -0.39 is 0 Å². The summed E-state index contributed by atoms with van der Waals surface area (Å²) in [6, 6.07) is 5.57. The molecule has 4 nitrogen and oxygen atoms in total. The van der Waals surface area contributed by atoms with E-state index in [1.54, 1.807) is 6.07 Å². The SMILES string of the molecule is Cc1nn(C)c(C)c1CNc1cccc(Cl)c1C(N)=S. The third kappa shape index (κ3) is 2.78. The summed E-state index contributed by atoms with van der Waals surface area (Å²) < 4.78 is 1.87. The standard InChI is InChI=1S/C14H17ClN4S/c1-8-10(9(2)19(3)18-8)7-17-12-6-4-5-11(15)13(12)14(16)20/h4-6,17H,7H2,1-3H3,(H2,16,20). The Morgan fingerprint density at radius 3 is 2.70 bits per heavy atom. The molecule has 0 amide bonds. The highest BCUT2D eigenvalue weighted by Gasteiger charge is 2.12. The molecule has 2 rings (SSSR count). The Morgan fingerprint density at radius 1 is 1.45 bits per heavy atom. The van der Waals surface area contributed by atoms with Crippen LogP contribution < -0.4 is 11.1 Å². The molecule has 0 aliphatic rings. The molecule has 1 heterocycles. The molecule has 6 heteroatoms. The molecule has 0 unspecified atom stereocenters. The van der Waals surface area contributed by atoms with E-state index in [1.807, 2.05) is 37.7 Å². The molecular formula is C14H17ClN4S. The number of anilines is 1. The molecular weight excluding hydrogens is 292 g/mol. The lowest BCUT2D eigenvalue weighted by Crippen LogP contribution is -2.14. The molecule has 0 bridgehead atoms. The van der Waals surface area contributed by atoms with Gasteiger partial charge in [-0.1, -0.05) is 29.9 Å². The van der Waals surface area contributed by atoms with Crippen molar-refractivity contribution in [3.63, 3.8) is 0 Å². The summed E-state index contributed by atoms with van der Waals surface area (Å²) in [5, 5.41) is 8.30. The fourth-order valence-corrected chi connectivity index (χ4v) is 2.73. The smallest absolute Gasteiger partial charge is 0.107 e. The first-order chi connectivity index (χ1) is 9.41. The second kappa shape index (κ2) is 5.81. The topological polar surface area (TPSA) is 55.9 Å². The van der Waals surface area contributed by atoms with Crippen molar-refractivity contribution in [1.82, 2.24) is 9.78 Å². The Kier molecular flexibility index (Phi) is 4.30. The highest BCUT2D eigenvalue weighted by Crippen LogP contribution is 2.25. The second-order valence-electron chi connectivity index (χ2n) is 4.65. The van der Waals surface area contributed by atoms with Gasteiger partial charge in [-0.05, 0) is 26.0 Å². The Morgan fingerprint density at radius 2 is 2.15 bits per heavy atom. The van der Waals surface area contributed by atoms with E-state index in [0.717, 1.165) is 17.1 Å². The van der Waals surface area contributed by atoms with Gasteiger partial charge in [0.1, 0.15) is 4.99 Å². The monoisotopic (exact) mass is 308 g/mol. The molecule has 1 aromatic carbocycles. The van der Waals surface area contributed by atoms with Crippen molar-refractivity contribution in [2.24, 2.45) is 12.8 Å². The van der Waals surface area contributed by atoms with E-state index in [9.17, 15) is 0 Å². The average Bonchev–Trinajstić information content (AvgIpc) is 2.61. The van der Waals surface area contributed by atoms with Crippen LogP contribution in [0.3, 0.4) is 0 Å². The summed E-state index contributed by atoms with van der Waals surface area (Å²) in [5.41, 5.74) is 10.6. The highest BCUT2D eigenvalue weighted by molar-refractivity contribution is 7.80. The Balaban J connectivity index is 2.28. The van der Waals surface area contributed by atoms with Gasteiger partial charge in [-0.3, -0.25) is 4.68 Å². The minimum absolute atomic E-state index is 0.290. The lowest BCUT2D eigenvalue weighted by atomic mass is 10.1. The molecule has 106 valence electrons. The van der Waals surface area contributed by atoms with E-state index in [2.05, 4.69) is 10.4 Å². The largest absolute Gasteiger partial charge is 0.389 e. The molecule has 2 aromatic rings. The van der Waals surface area contributed by atoms with Crippen molar-refractivity contribution in [2.75, 3.05) is 5.32 Å². The number of nitrogens with one attached hydrogen (secondary N) is 1. The fourth-order valence-electron chi connectivity index (χ4n) is 2.18. The molecule has 0 saturated heterocycles. The van der Waals surface area contributed by atoms with Crippen LogP contribution in [0.4, 0.5) is 5.69 Å². The Labute approximate surface area is 128 Å². The number of hydrogen-bond acceptors (Lipinski definition) is 3. The third-order valence-electron chi connectivity index (χ3n) is 3.37. The normalized spacial score (nSPS) is 10.6. The number of halogens is 1. The molecule has 20 heavy (non-hydrogen) atoms. The van der Waals surface area contributed by atoms with Crippen LogP contribution in [0.1, 0.15) is 22.5 Å². The molecule has 0 aliphatic heterocycles. The first-order valence-electron chi connectivity index (χ1n) is 6.23. The van der Waals surface area contributed by atoms with Crippen molar-refractivity contribution >= 4 is 34.5 Å². The zero-order valence-corrected chi connectivity index (χ0v) is 13.3. The molecule has 1 aromatic heterocycles. The second-order valence-corrected chi connectivity index (χ2v) is 5.50. The van der Waals surface area contributed by atoms with Gasteiger partial charge in [-0.15, -0.1) is 0 Å². The van der Waals surface area contributed by atoms with E-state index in [-0.39, 0.29) is 4.99 Å². The van der Waals surface area contributed by atoms with Crippen molar-refractivity contribution in [1.29, 1.82) is 0 Å². The van der Waals surface area contributed by atoms with E-state index in [4.69, 9.17) is 29.6 Å². The van der Waals surface area contributed by atoms with Crippen molar-refractivity contribution in [3.05, 3.63) is 45.7 Å². The van der Waals surface area contributed by atoms with Gasteiger partial charge < -0.3 is 11.1 Å². The number of rotatable bonds is 4. The number of aryl methyl sites for hydroxylation is 2. The van der Waals surface area contributed by atoms with Crippen LogP contribution in [0, 0.1) is 13.8 Å². The number of nitrogens with zero attached hydrogens (tertiary/aromatic N) is 2. The first-order valence-corrected chi connectivity index (χ1v) is 7.01. The highest BCUT2D eigenvalue weighted by atomic mass is 35.5. The predicted octanol–water partition coefficient (Wildman–Crippen LogP) is 2.94. The lowest BCUT2D eigenvalue weighted by molar-refractivity contribution is 0.730. The minimum atomic E-state index is 0.290. The number of thiocarbonyl (C=S) groups is 1. The summed E-state index contributed by atoms with van der Waals surface area (Å²) in [6.45, 7) is 4.70. The molecule has 0 saturated carbocycles. The number of hydrogen-bond donors (Lipinski definition) is 2. The maximum absolute atomic E-state index is 6.15. The van der Waals surface area contributed by atoms with E-state index >= 15 is 0 Å². The molecule has 3 N–H and O–H groups in total. The minimum Gasteiger partial charge on any atom is -0.389 e. The Bertz CT molecular complexity index is 663. The summed E-state index contributed by atoms with van der Waals surface area (Å²) in [4.78, 5) is 0.290. The third-order valence-corrected chi connectivity index (χ3v) is 3.89. The van der Waals surface area contributed by atoms with Crippen LogP contribution in [0.5, 0.6) is 0 Å². The zero-order valence-electron chi connectivity index (χ0n) is 11.7. The van der Waals surface area contributed by atoms with Crippen molar-refractivity contribution in [2.45, 2.75) is 20.4 Å². The lowest BCUT2D eigenvalue weighted by Gasteiger charge is -2.13. The van der Waals surface area contributed by atoms with Gasteiger partial charge >= 0.3 is 0 Å². The number of aromatic nitrogens is 2. The number of benzene rings is 1. The van der Waals surface area contributed by atoms with Crippen LogP contribution in [-0.2, 0) is 13.6 Å². The fraction of sp³-hybridized carbons (Fsp3) is 0.286.